The number of methoxy groups -OCH3 is 2. The molecule has 6 rings (SSSR count). The molecular formula is C32H31N3O7. The maximum Gasteiger partial charge on any atom is 0.260 e. The Hall–Kier alpha value is -4.48. The Balaban J connectivity index is 1.39. The number of aliphatic hydroxyl groups excluding tert-OH is 2. The first kappa shape index (κ1) is 27.7. The summed E-state index contributed by atoms with van der Waals surface area (Å²) in [6.45, 7) is -0.0745. The fourth-order valence-electron chi connectivity index (χ4n) is 5.57. The fourth-order valence-corrected chi connectivity index (χ4v) is 5.57. The van der Waals surface area contributed by atoms with Gasteiger partial charge >= 0.3 is 0 Å². The molecule has 1 unspecified atom stereocenters. The van der Waals surface area contributed by atoms with Crippen molar-refractivity contribution in [3.63, 3.8) is 0 Å². The number of nitrogens with zero attached hydrogens (tertiary/aromatic N) is 2. The number of hydrogen-bond acceptors (Lipinski definition) is 8. The van der Waals surface area contributed by atoms with E-state index < -0.39 is 30.1 Å². The second kappa shape index (κ2) is 11.4. The van der Waals surface area contributed by atoms with Crippen molar-refractivity contribution in [2.24, 2.45) is 0 Å². The van der Waals surface area contributed by atoms with E-state index >= 15 is 0 Å². The third-order valence-corrected chi connectivity index (χ3v) is 7.76. The molecule has 42 heavy (non-hydrogen) atoms. The summed E-state index contributed by atoms with van der Waals surface area (Å²) in [6.07, 6.45) is -1.53. The van der Waals surface area contributed by atoms with Gasteiger partial charge in [0.05, 0.1) is 32.5 Å². The molecule has 0 aliphatic carbocycles. The molecule has 0 amide bonds. The molecular weight excluding hydrogens is 538 g/mol. The van der Waals surface area contributed by atoms with Gasteiger partial charge in [-0.25, -0.2) is 4.98 Å². The Bertz CT molecular complexity index is 1650. The van der Waals surface area contributed by atoms with Crippen molar-refractivity contribution >= 4 is 11.0 Å². The van der Waals surface area contributed by atoms with Gasteiger partial charge in [0.15, 0.2) is 6.23 Å². The Morgan fingerprint density at radius 2 is 1.45 bits per heavy atom. The largest absolute Gasteiger partial charge is 0.497 e. The first-order chi connectivity index (χ1) is 20.5. The molecule has 10 heteroatoms. The van der Waals surface area contributed by atoms with E-state index in [4.69, 9.17) is 18.9 Å². The number of rotatable bonds is 9. The highest BCUT2D eigenvalue weighted by molar-refractivity contribution is 5.74. The number of aliphatic hydroxyl groups is 2. The lowest BCUT2D eigenvalue weighted by molar-refractivity contribution is -0.0941. The van der Waals surface area contributed by atoms with Crippen LogP contribution in [-0.4, -0.2) is 63.9 Å². The van der Waals surface area contributed by atoms with E-state index in [0.717, 1.165) is 16.7 Å². The van der Waals surface area contributed by atoms with E-state index in [1.807, 2.05) is 78.9 Å². The smallest absolute Gasteiger partial charge is 0.260 e. The van der Waals surface area contributed by atoms with Crippen LogP contribution in [0.25, 0.3) is 11.0 Å². The quantitative estimate of drug-likeness (QED) is 0.231. The Labute approximate surface area is 241 Å². The van der Waals surface area contributed by atoms with E-state index in [1.165, 1.54) is 6.33 Å². The lowest BCUT2D eigenvalue weighted by atomic mass is 9.80. The summed E-state index contributed by atoms with van der Waals surface area (Å²) in [5.41, 5.74) is 1.41. The summed E-state index contributed by atoms with van der Waals surface area (Å²) in [5.74, 6) is 1.39. The van der Waals surface area contributed by atoms with E-state index in [2.05, 4.69) is 9.97 Å². The molecule has 0 radical (unpaired) electrons. The van der Waals surface area contributed by atoms with Gasteiger partial charge in [-0.3, -0.25) is 4.79 Å². The molecule has 2 aromatic heterocycles. The van der Waals surface area contributed by atoms with Gasteiger partial charge in [-0.05, 0) is 47.0 Å². The molecule has 1 aliphatic rings. The average Bonchev–Trinajstić information content (AvgIpc) is 3.59. The lowest BCUT2D eigenvalue weighted by Crippen LogP contribution is -2.39. The van der Waals surface area contributed by atoms with Crippen molar-refractivity contribution in [2.45, 2.75) is 30.1 Å². The van der Waals surface area contributed by atoms with Crippen LogP contribution >= 0.6 is 0 Å². The summed E-state index contributed by atoms with van der Waals surface area (Å²) in [4.78, 5) is 19.0. The van der Waals surface area contributed by atoms with Gasteiger partial charge < -0.3 is 38.7 Å². The van der Waals surface area contributed by atoms with E-state index in [1.54, 1.807) is 31.0 Å². The first-order valence-electron chi connectivity index (χ1n) is 13.5. The van der Waals surface area contributed by atoms with Gasteiger partial charge in [0.2, 0.25) is 0 Å². The second-order valence-corrected chi connectivity index (χ2v) is 10.1. The zero-order valence-electron chi connectivity index (χ0n) is 23.1. The number of nitrogens with one attached hydrogen (secondary N) is 1. The topological polar surface area (TPSA) is 128 Å². The van der Waals surface area contributed by atoms with Crippen molar-refractivity contribution in [1.29, 1.82) is 0 Å². The minimum absolute atomic E-state index is 0.0745. The number of aromatic nitrogens is 3. The van der Waals surface area contributed by atoms with Gasteiger partial charge in [0.25, 0.3) is 5.56 Å². The van der Waals surface area contributed by atoms with Crippen LogP contribution in [0.15, 0.2) is 102 Å². The van der Waals surface area contributed by atoms with Gasteiger partial charge in [-0.1, -0.05) is 54.6 Å². The first-order valence-corrected chi connectivity index (χ1v) is 13.5. The van der Waals surface area contributed by atoms with Crippen molar-refractivity contribution in [2.75, 3.05) is 20.8 Å². The standard InChI is InChI=1S/C32H31N3O7/c1-39-23-12-8-21(9-13-23)32(20-6-4-3-5-7-20,22-10-14-24(40-2)15-11-22)41-18-26-27(36)28(37)31(42-26)35-17-16-25-29(35)33-19-34-30(25)38/h3-17,19,26-28,31,36-37H,18H2,1-2H3,(H,33,34,38)/t26-,27?,28+,31-/m1/s1. The zero-order chi connectivity index (χ0) is 29.3. The molecule has 3 aromatic carbocycles. The number of aromatic amines is 1. The average molecular weight is 570 g/mol. The van der Waals surface area contributed by atoms with Crippen molar-refractivity contribution < 1.29 is 29.2 Å². The minimum Gasteiger partial charge on any atom is -0.497 e. The van der Waals surface area contributed by atoms with Crippen LogP contribution in [-0.2, 0) is 15.1 Å². The van der Waals surface area contributed by atoms with Crippen LogP contribution in [0.1, 0.15) is 22.9 Å². The molecule has 216 valence electrons. The highest BCUT2D eigenvalue weighted by atomic mass is 16.6. The van der Waals surface area contributed by atoms with Crippen LogP contribution in [0.2, 0.25) is 0 Å². The predicted octanol–water partition coefficient (Wildman–Crippen LogP) is 3.37. The molecule has 1 aliphatic heterocycles. The van der Waals surface area contributed by atoms with Crippen LogP contribution in [0.4, 0.5) is 0 Å². The molecule has 3 N–H and O–H groups in total. The number of ether oxygens (including phenoxy) is 4. The normalized spacial score (nSPS) is 20.6. The maximum absolute atomic E-state index is 12.2. The van der Waals surface area contributed by atoms with Crippen LogP contribution in [0.5, 0.6) is 11.5 Å². The monoisotopic (exact) mass is 569 g/mol. The summed E-state index contributed by atoms with van der Waals surface area (Å²) < 4.78 is 25.4. The van der Waals surface area contributed by atoms with Crippen LogP contribution in [0.3, 0.4) is 0 Å². The van der Waals surface area contributed by atoms with Crippen molar-refractivity contribution in [1.82, 2.24) is 14.5 Å². The predicted molar refractivity (Wildman–Crippen MR) is 155 cm³/mol. The number of benzene rings is 3. The number of fused-ring (bicyclic) bond motifs is 1. The molecule has 1 fully saturated rings. The second-order valence-electron chi connectivity index (χ2n) is 10.1. The van der Waals surface area contributed by atoms with E-state index in [-0.39, 0.29) is 12.2 Å². The molecule has 10 nitrogen and oxygen atoms in total. The molecule has 4 atom stereocenters. The van der Waals surface area contributed by atoms with E-state index in [9.17, 15) is 15.0 Å². The summed E-state index contributed by atoms with van der Waals surface area (Å²) in [6, 6.07) is 26.6. The Kier molecular flexibility index (Phi) is 7.53. The summed E-state index contributed by atoms with van der Waals surface area (Å²) >= 11 is 0. The maximum atomic E-state index is 12.2. The Morgan fingerprint density at radius 1 is 0.857 bits per heavy atom. The van der Waals surface area contributed by atoms with Crippen molar-refractivity contribution in [3.8, 4) is 11.5 Å². The highest BCUT2D eigenvalue weighted by Crippen LogP contribution is 2.43. The van der Waals surface area contributed by atoms with Crippen LogP contribution in [0, 0.1) is 0 Å². The molecule has 0 spiro atoms. The zero-order valence-corrected chi connectivity index (χ0v) is 23.1. The third kappa shape index (κ3) is 4.74. The van der Waals surface area contributed by atoms with Crippen LogP contribution < -0.4 is 15.0 Å². The molecule has 0 saturated carbocycles. The summed E-state index contributed by atoms with van der Waals surface area (Å²) in [5, 5.41) is 22.5. The van der Waals surface area contributed by atoms with Crippen molar-refractivity contribution in [3.05, 3.63) is 124 Å². The SMILES string of the molecule is COc1ccc(C(OC[C@H]2O[C@@H](n3ccc4c(=O)[nH]cnc43)[C@@H](O)C2O)(c2ccccc2)c2ccc(OC)cc2)cc1. The van der Waals surface area contributed by atoms with Gasteiger partial charge in [0, 0.05) is 6.20 Å². The fraction of sp³-hybridized carbons (Fsp3) is 0.250. The molecule has 3 heterocycles. The lowest BCUT2D eigenvalue weighted by Gasteiger charge is -2.37. The third-order valence-electron chi connectivity index (χ3n) is 7.76. The number of H-pyrrole nitrogens is 1. The molecule has 5 aromatic rings. The molecule has 0 bridgehead atoms. The molecule has 1 saturated heterocycles. The van der Waals surface area contributed by atoms with Gasteiger partial charge in [-0.2, -0.15) is 0 Å². The van der Waals surface area contributed by atoms with E-state index in [0.29, 0.717) is 22.5 Å². The highest BCUT2D eigenvalue weighted by Gasteiger charge is 2.46. The van der Waals surface area contributed by atoms with Gasteiger partial charge in [0.1, 0.15) is 41.1 Å². The Morgan fingerprint density at radius 3 is 2.05 bits per heavy atom. The minimum atomic E-state index is -1.29. The van der Waals surface area contributed by atoms with Gasteiger partial charge in [-0.15, -0.1) is 0 Å². The number of hydrogen-bond donors (Lipinski definition) is 3. The summed E-state index contributed by atoms with van der Waals surface area (Å²) in [7, 11) is 3.22.